The van der Waals surface area contributed by atoms with Crippen LogP contribution in [0.5, 0.6) is 0 Å². The van der Waals surface area contributed by atoms with Crippen molar-refractivity contribution in [2.24, 2.45) is 11.3 Å². The minimum Gasteiger partial charge on any atom is -0.393 e. The molecule has 70 valence electrons. The van der Waals surface area contributed by atoms with Gasteiger partial charge in [0, 0.05) is 11.3 Å². The predicted molar refractivity (Wildman–Crippen MR) is 47.8 cm³/mol. The molecule has 0 radical (unpaired) electrons. The molecule has 2 atom stereocenters. The van der Waals surface area contributed by atoms with Crippen LogP contribution in [0.2, 0.25) is 0 Å². The molecule has 0 heterocycles. The van der Waals surface area contributed by atoms with E-state index in [-0.39, 0.29) is 17.4 Å². The van der Waals surface area contributed by atoms with E-state index in [9.17, 15) is 9.90 Å². The van der Waals surface area contributed by atoms with Crippen LogP contribution in [0.4, 0.5) is 0 Å². The zero-order valence-corrected chi connectivity index (χ0v) is 8.13. The van der Waals surface area contributed by atoms with Gasteiger partial charge in [-0.1, -0.05) is 20.8 Å². The lowest BCUT2D eigenvalue weighted by Crippen LogP contribution is -2.27. The third-order valence-corrected chi connectivity index (χ3v) is 2.51. The Hall–Kier alpha value is -0.370. The first kappa shape index (κ1) is 9.72. The third kappa shape index (κ3) is 2.07. The average molecular weight is 170 g/mol. The van der Waals surface area contributed by atoms with Crippen molar-refractivity contribution in [3.8, 4) is 0 Å². The van der Waals surface area contributed by atoms with Crippen LogP contribution in [-0.4, -0.2) is 17.0 Å². The minimum atomic E-state index is -0.241. The Morgan fingerprint density at radius 1 is 1.33 bits per heavy atom. The van der Waals surface area contributed by atoms with E-state index in [0.717, 1.165) is 12.8 Å². The molecule has 0 bridgehead atoms. The molecule has 0 amide bonds. The fourth-order valence-electron chi connectivity index (χ4n) is 1.81. The van der Waals surface area contributed by atoms with Crippen molar-refractivity contribution in [1.29, 1.82) is 0 Å². The summed E-state index contributed by atoms with van der Waals surface area (Å²) in [6.07, 6.45) is 2.11. The lowest BCUT2D eigenvalue weighted by Gasteiger charge is -2.20. The molecule has 0 saturated heterocycles. The zero-order valence-electron chi connectivity index (χ0n) is 8.13. The third-order valence-electron chi connectivity index (χ3n) is 2.51. The molecule has 2 nitrogen and oxygen atoms in total. The molecule has 2 unspecified atom stereocenters. The quantitative estimate of drug-likeness (QED) is 0.651. The number of carbonyl (C=O) groups excluding carboxylic acids is 1. The summed E-state index contributed by atoms with van der Waals surface area (Å²) in [4.78, 5) is 11.7. The van der Waals surface area contributed by atoms with Gasteiger partial charge in [-0.05, 0) is 19.3 Å². The summed E-state index contributed by atoms with van der Waals surface area (Å²) in [6.45, 7) is 5.83. The van der Waals surface area contributed by atoms with E-state index in [1.165, 1.54) is 0 Å². The van der Waals surface area contributed by atoms with Crippen LogP contribution in [0.25, 0.3) is 0 Å². The second-order valence-electron chi connectivity index (χ2n) is 4.78. The van der Waals surface area contributed by atoms with E-state index >= 15 is 0 Å². The van der Waals surface area contributed by atoms with E-state index in [1.54, 1.807) is 0 Å². The number of aliphatic hydroxyl groups is 1. The van der Waals surface area contributed by atoms with E-state index in [1.807, 2.05) is 20.8 Å². The van der Waals surface area contributed by atoms with Gasteiger partial charge < -0.3 is 5.11 Å². The van der Waals surface area contributed by atoms with Gasteiger partial charge in [-0.2, -0.15) is 0 Å². The molecule has 0 aromatic carbocycles. The summed E-state index contributed by atoms with van der Waals surface area (Å²) < 4.78 is 0. The highest BCUT2D eigenvalue weighted by Gasteiger charge is 2.34. The molecule has 0 aromatic heterocycles. The molecular weight excluding hydrogens is 152 g/mol. The van der Waals surface area contributed by atoms with Crippen LogP contribution in [0.3, 0.4) is 0 Å². The smallest absolute Gasteiger partial charge is 0.141 e. The first-order valence-corrected chi connectivity index (χ1v) is 4.63. The van der Waals surface area contributed by atoms with Crippen molar-refractivity contribution in [2.45, 2.75) is 46.1 Å². The summed E-state index contributed by atoms with van der Waals surface area (Å²) in [5, 5.41) is 9.26. The van der Waals surface area contributed by atoms with Crippen LogP contribution < -0.4 is 0 Å². The van der Waals surface area contributed by atoms with Crippen molar-refractivity contribution < 1.29 is 9.90 Å². The topological polar surface area (TPSA) is 37.3 Å². The molecule has 1 aliphatic rings. The summed E-state index contributed by atoms with van der Waals surface area (Å²) in [6, 6.07) is 0. The van der Waals surface area contributed by atoms with Crippen LogP contribution in [0.1, 0.15) is 40.0 Å². The normalized spacial score (nSPS) is 30.7. The molecule has 1 saturated carbocycles. The molecule has 12 heavy (non-hydrogen) atoms. The number of hydrogen-bond acceptors (Lipinski definition) is 2. The second-order valence-corrected chi connectivity index (χ2v) is 4.78. The maximum atomic E-state index is 11.7. The highest BCUT2D eigenvalue weighted by atomic mass is 16.3. The molecular formula is C10H18O2. The van der Waals surface area contributed by atoms with Crippen molar-refractivity contribution in [3.63, 3.8) is 0 Å². The minimum absolute atomic E-state index is 0.111. The molecule has 0 spiro atoms. The van der Waals surface area contributed by atoms with Gasteiger partial charge in [0.25, 0.3) is 0 Å². The molecule has 1 aliphatic carbocycles. The Morgan fingerprint density at radius 3 is 2.25 bits per heavy atom. The predicted octanol–water partition coefficient (Wildman–Crippen LogP) is 1.76. The molecule has 0 aromatic rings. The Kier molecular flexibility index (Phi) is 2.57. The van der Waals surface area contributed by atoms with Crippen LogP contribution in [0.15, 0.2) is 0 Å². The Labute approximate surface area is 74.0 Å². The number of carbonyl (C=O) groups is 1. The number of Topliss-reactive ketones (excluding diaryl/α,β-unsaturated/α-hetero) is 1. The average Bonchev–Trinajstić information content (AvgIpc) is 2.32. The number of ketones is 1. The van der Waals surface area contributed by atoms with Gasteiger partial charge in [0.05, 0.1) is 6.10 Å². The SMILES string of the molecule is CC(C)(C)C(=O)C1CCC(O)C1. The maximum Gasteiger partial charge on any atom is 0.141 e. The van der Waals surface area contributed by atoms with E-state index < -0.39 is 0 Å². The number of hydrogen-bond donors (Lipinski definition) is 1. The van der Waals surface area contributed by atoms with Gasteiger partial charge in [0.2, 0.25) is 0 Å². The van der Waals surface area contributed by atoms with Crippen molar-refractivity contribution in [2.75, 3.05) is 0 Å². The number of aliphatic hydroxyl groups excluding tert-OH is 1. The second kappa shape index (κ2) is 3.17. The summed E-state index contributed by atoms with van der Waals surface area (Å²) >= 11 is 0. The number of rotatable bonds is 1. The summed E-state index contributed by atoms with van der Waals surface area (Å²) in [5.74, 6) is 0.416. The van der Waals surface area contributed by atoms with E-state index in [4.69, 9.17) is 0 Å². The zero-order chi connectivity index (χ0) is 9.35. The lowest BCUT2D eigenvalue weighted by atomic mass is 9.82. The summed E-state index contributed by atoms with van der Waals surface area (Å²) in [7, 11) is 0. The van der Waals surface area contributed by atoms with Gasteiger partial charge in [0.15, 0.2) is 0 Å². The van der Waals surface area contributed by atoms with E-state index in [2.05, 4.69) is 0 Å². The molecule has 1 N–H and O–H groups in total. The molecule has 2 heteroatoms. The highest BCUT2D eigenvalue weighted by Crippen LogP contribution is 2.32. The fourth-order valence-corrected chi connectivity index (χ4v) is 1.81. The molecule has 0 aliphatic heterocycles. The Morgan fingerprint density at radius 2 is 1.92 bits per heavy atom. The first-order valence-electron chi connectivity index (χ1n) is 4.63. The Bertz CT molecular complexity index is 179. The monoisotopic (exact) mass is 170 g/mol. The molecule has 1 fully saturated rings. The van der Waals surface area contributed by atoms with Gasteiger partial charge in [0.1, 0.15) is 5.78 Å². The van der Waals surface area contributed by atoms with Crippen LogP contribution in [0, 0.1) is 11.3 Å². The Balaban J connectivity index is 2.55. The largest absolute Gasteiger partial charge is 0.393 e. The van der Waals surface area contributed by atoms with Crippen molar-refractivity contribution in [3.05, 3.63) is 0 Å². The van der Waals surface area contributed by atoms with Gasteiger partial charge in [-0.15, -0.1) is 0 Å². The van der Waals surface area contributed by atoms with Crippen LogP contribution >= 0.6 is 0 Å². The molecule has 1 rings (SSSR count). The van der Waals surface area contributed by atoms with Gasteiger partial charge >= 0.3 is 0 Å². The van der Waals surface area contributed by atoms with Gasteiger partial charge in [-0.25, -0.2) is 0 Å². The summed E-state index contributed by atoms with van der Waals surface area (Å²) in [5.41, 5.74) is -0.241. The van der Waals surface area contributed by atoms with Crippen molar-refractivity contribution >= 4 is 5.78 Å². The maximum absolute atomic E-state index is 11.7. The van der Waals surface area contributed by atoms with Crippen LogP contribution in [-0.2, 0) is 4.79 Å². The highest BCUT2D eigenvalue weighted by molar-refractivity contribution is 5.86. The van der Waals surface area contributed by atoms with Gasteiger partial charge in [-0.3, -0.25) is 4.79 Å². The standard InChI is InChI=1S/C10H18O2/c1-10(2,3)9(12)7-4-5-8(11)6-7/h7-8,11H,4-6H2,1-3H3. The van der Waals surface area contributed by atoms with Crippen molar-refractivity contribution in [1.82, 2.24) is 0 Å². The fraction of sp³-hybridized carbons (Fsp3) is 0.900. The van der Waals surface area contributed by atoms with E-state index in [0.29, 0.717) is 12.2 Å². The lowest BCUT2D eigenvalue weighted by molar-refractivity contribution is -0.130. The first-order chi connectivity index (χ1) is 5.41.